The molecule has 0 unspecified atom stereocenters. The summed E-state index contributed by atoms with van der Waals surface area (Å²) in [5.41, 5.74) is 0.0266. The van der Waals surface area contributed by atoms with E-state index in [1.54, 1.807) is 20.8 Å². The summed E-state index contributed by atoms with van der Waals surface area (Å²) in [7, 11) is 0. The summed E-state index contributed by atoms with van der Waals surface area (Å²) in [6, 6.07) is 0. The highest BCUT2D eigenvalue weighted by atomic mass is 16.6. The molecule has 1 heterocycles. The van der Waals surface area contributed by atoms with E-state index in [1.807, 2.05) is 0 Å². The first-order valence-corrected chi connectivity index (χ1v) is 5.27. The van der Waals surface area contributed by atoms with Crippen LogP contribution in [0.15, 0.2) is 6.20 Å². The van der Waals surface area contributed by atoms with Crippen molar-refractivity contribution in [2.75, 3.05) is 0 Å². The summed E-state index contributed by atoms with van der Waals surface area (Å²) in [5.74, 6) is -1.34. The molecule has 0 atom stereocenters. The van der Waals surface area contributed by atoms with Crippen LogP contribution in [-0.2, 0) is 16.0 Å². The number of rotatable bonds is 4. The van der Waals surface area contributed by atoms with Gasteiger partial charge in [-0.15, -0.1) is 0 Å². The van der Waals surface area contributed by atoms with Gasteiger partial charge >= 0.3 is 11.9 Å². The lowest BCUT2D eigenvalue weighted by Crippen LogP contribution is -2.24. The van der Waals surface area contributed by atoms with Crippen LogP contribution in [0.3, 0.4) is 0 Å². The SMILES string of the molecule is CC(C)(C)OC(=O)c1ncc(CCC(=O)O)[nH]1. The van der Waals surface area contributed by atoms with Crippen molar-refractivity contribution in [2.24, 2.45) is 0 Å². The maximum absolute atomic E-state index is 11.6. The van der Waals surface area contributed by atoms with E-state index in [9.17, 15) is 9.59 Å². The fraction of sp³-hybridized carbons (Fsp3) is 0.545. The third-order valence-corrected chi connectivity index (χ3v) is 1.83. The van der Waals surface area contributed by atoms with Gasteiger partial charge in [0.05, 0.1) is 6.42 Å². The molecule has 2 N–H and O–H groups in total. The Morgan fingerprint density at radius 2 is 2.12 bits per heavy atom. The van der Waals surface area contributed by atoms with Crippen molar-refractivity contribution in [2.45, 2.75) is 39.2 Å². The lowest BCUT2D eigenvalue weighted by molar-refractivity contribution is -0.136. The molecular formula is C11H16N2O4. The average Bonchev–Trinajstić information content (AvgIpc) is 2.60. The molecule has 6 nitrogen and oxygen atoms in total. The Balaban J connectivity index is 2.61. The van der Waals surface area contributed by atoms with E-state index in [1.165, 1.54) is 6.20 Å². The lowest BCUT2D eigenvalue weighted by atomic mass is 10.2. The molecule has 0 aliphatic rings. The zero-order valence-corrected chi connectivity index (χ0v) is 10.1. The number of nitrogens with one attached hydrogen (secondary N) is 1. The lowest BCUT2D eigenvalue weighted by Gasteiger charge is -2.18. The number of nitrogens with zero attached hydrogens (tertiary/aromatic N) is 1. The van der Waals surface area contributed by atoms with Crippen molar-refractivity contribution in [1.82, 2.24) is 9.97 Å². The number of aryl methyl sites for hydroxylation is 1. The van der Waals surface area contributed by atoms with Crippen LogP contribution in [0.1, 0.15) is 43.5 Å². The van der Waals surface area contributed by atoms with Gasteiger partial charge in [-0.2, -0.15) is 0 Å². The molecule has 1 aromatic rings. The Hall–Kier alpha value is -1.85. The standard InChI is InChI=1S/C11H16N2O4/c1-11(2,3)17-10(16)9-12-6-7(13-9)4-5-8(14)15/h6H,4-5H2,1-3H3,(H,12,13)(H,14,15). The van der Waals surface area contributed by atoms with Crippen molar-refractivity contribution in [1.29, 1.82) is 0 Å². The van der Waals surface area contributed by atoms with Gasteiger partial charge in [0.1, 0.15) is 5.60 Å². The minimum atomic E-state index is -0.890. The normalized spacial score (nSPS) is 11.2. The topological polar surface area (TPSA) is 92.3 Å². The molecule has 0 amide bonds. The van der Waals surface area contributed by atoms with Crippen LogP contribution in [0.5, 0.6) is 0 Å². The molecule has 0 bridgehead atoms. The summed E-state index contributed by atoms with van der Waals surface area (Å²) in [6.45, 7) is 5.29. The highest BCUT2D eigenvalue weighted by molar-refractivity contribution is 5.85. The van der Waals surface area contributed by atoms with Crippen LogP contribution in [0.4, 0.5) is 0 Å². The number of carbonyl (C=O) groups is 2. The van der Waals surface area contributed by atoms with E-state index in [2.05, 4.69) is 9.97 Å². The second-order valence-electron chi connectivity index (χ2n) is 4.65. The van der Waals surface area contributed by atoms with Crippen molar-refractivity contribution in [3.05, 3.63) is 17.7 Å². The number of carboxylic acid groups (broad SMARTS) is 1. The number of aromatic amines is 1. The number of H-pyrrole nitrogens is 1. The molecule has 17 heavy (non-hydrogen) atoms. The van der Waals surface area contributed by atoms with Gasteiger partial charge in [0, 0.05) is 11.9 Å². The number of hydrogen-bond acceptors (Lipinski definition) is 4. The van der Waals surface area contributed by atoms with Crippen LogP contribution in [0.2, 0.25) is 0 Å². The van der Waals surface area contributed by atoms with Crippen molar-refractivity contribution in [3.63, 3.8) is 0 Å². The predicted molar refractivity (Wildman–Crippen MR) is 59.7 cm³/mol. The van der Waals surface area contributed by atoms with Gasteiger partial charge in [0.15, 0.2) is 0 Å². The van der Waals surface area contributed by atoms with Gasteiger partial charge in [0.2, 0.25) is 5.82 Å². The molecule has 0 saturated carbocycles. The molecule has 94 valence electrons. The van der Waals surface area contributed by atoms with Gasteiger partial charge < -0.3 is 14.8 Å². The minimum absolute atomic E-state index is 0.00402. The number of esters is 1. The first-order chi connectivity index (χ1) is 7.78. The fourth-order valence-electron chi connectivity index (χ4n) is 1.16. The number of hydrogen-bond donors (Lipinski definition) is 2. The summed E-state index contributed by atoms with van der Waals surface area (Å²) in [6.07, 6.45) is 1.75. The molecule has 0 fully saturated rings. The molecular weight excluding hydrogens is 224 g/mol. The zero-order valence-electron chi connectivity index (χ0n) is 10.1. The van der Waals surface area contributed by atoms with E-state index >= 15 is 0 Å². The van der Waals surface area contributed by atoms with E-state index in [4.69, 9.17) is 9.84 Å². The van der Waals surface area contributed by atoms with Crippen LogP contribution in [0, 0.1) is 0 Å². The molecule has 0 saturated heterocycles. The van der Waals surface area contributed by atoms with Gasteiger partial charge in [-0.1, -0.05) is 0 Å². The number of aromatic nitrogens is 2. The largest absolute Gasteiger partial charge is 0.481 e. The molecule has 0 aliphatic carbocycles. The number of imidazole rings is 1. The summed E-state index contributed by atoms with van der Waals surface area (Å²) < 4.78 is 5.11. The number of ether oxygens (including phenoxy) is 1. The second kappa shape index (κ2) is 4.99. The highest BCUT2D eigenvalue weighted by Crippen LogP contribution is 2.10. The van der Waals surface area contributed by atoms with Crippen LogP contribution >= 0.6 is 0 Å². The van der Waals surface area contributed by atoms with Crippen molar-refractivity contribution < 1.29 is 19.4 Å². The number of aliphatic carboxylic acids is 1. The Labute approximate surface area is 99.0 Å². The average molecular weight is 240 g/mol. The Bertz CT molecular complexity index is 417. The monoisotopic (exact) mass is 240 g/mol. The van der Waals surface area contributed by atoms with Gasteiger partial charge in [-0.3, -0.25) is 4.79 Å². The summed E-state index contributed by atoms with van der Waals surface area (Å²) in [4.78, 5) is 28.6. The van der Waals surface area contributed by atoms with Gasteiger partial charge in [-0.25, -0.2) is 9.78 Å². The van der Waals surface area contributed by atoms with Crippen molar-refractivity contribution in [3.8, 4) is 0 Å². The molecule has 1 rings (SSSR count). The Morgan fingerprint density at radius 1 is 1.47 bits per heavy atom. The fourth-order valence-corrected chi connectivity index (χ4v) is 1.16. The first kappa shape index (κ1) is 13.2. The predicted octanol–water partition coefficient (Wildman–Crippen LogP) is 1.38. The van der Waals surface area contributed by atoms with E-state index in [0.717, 1.165) is 0 Å². The maximum Gasteiger partial charge on any atom is 0.374 e. The van der Waals surface area contributed by atoms with E-state index < -0.39 is 17.5 Å². The van der Waals surface area contributed by atoms with Gasteiger partial charge in [-0.05, 0) is 27.2 Å². The summed E-state index contributed by atoms with van der Waals surface area (Å²) in [5, 5.41) is 8.52. The smallest absolute Gasteiger partial charge is 0.374 e. The zero-order chi connectivity index (χ0) is 13.1. The minimum Gasteiger partial charge on any atom is -0.481 e. The molecule has 0 radical (unpaired) electrons. The first-order valence-electron chi connectivity index (χ1n) is 5.27. The third-order valence-electron chi connectivity index (χ3n) is 1.83. The Morgan fingerprint density at radius 3 is 2.65 bits per heavy atom. The second-order valence-corrected chi connectivity index (χ2v) is 4.65. The molecule has 1 aromatic heterocycles. The van der Waals surface area contributed by atoms with Crippen LogP contribution in [0.25, 0.3) is 0 Å². The number of carboxylic acids is 1. The van der Waals surface area contributed by atoms with Crippen molar-refractivity contribution >= 4 is 11.9 Å². The summed E-state index contributed by atoms with van der Waals surface area (Å²) >= 11 is 0. The molecule has 0 aromatic carbocycles. The van der Waals surface area contributed by atoms with Crippen LogP contribution < -0.4 is 0 Å². The maximum atomic E-state index is 11.6. The third kappa shape index (κ3) is 4.67. The highest BCUT2D eigenvalue weighted by Gasteiger charge is 2.20. The quantitative estimate of drug-likeness (QED) is 0.775. The van der Waals surface area contributed by atoms with E-state index in [0.29, 0.717) is 12.1 Å². The Kier molecular flexibility index (Phi) is 3.88. The van der Waals surface area contributed by atoms with Crippen LogP contribution in [-0.4, -0.2) is 32.6 Å². The van der Waals surface area contributed by atoms with E-state index in [-0.39, 0.29) is 12.2 Å². The van der Waals surface area contributed by atoms with Gasteiger partial charge in [0.25, 0.3) is 0 Å². The molecule has 6 heteroatoms. The molecule has 0 aliphatic heterocycles. The number of carbonyl (C=O) groups excluding carboxylic acids is 1. The molecule has 0 spiro atoms.